The van der Waals surface area contributed by atoms with Crippen molar-refractivity contribution in [1.29, 1.82) is 0 Å². The molecule has 0 aliphatic rings. The van der Waals surface area contributed by atoms with E-state index in [2.05, 4.69) is 48.5 Å². The minimum atomic E-state index is -4.96. The predicted octanol–water partition coefficient (Wildman–Crippen LogP) is 24.9. The van der Waals surface area contributed by atoms with Gasteiger partial charge in [0.05, 0.1) is 26.4 Å². The van der Waals surface area contributed by atoms with Crippen molar-refractivity contribution in [2.45, 2.75) is 452 Å². The lowest BCUT2D eigenvalue weighted by Gasteiger charge is -2.21. The van der Waals surface area contributed by atoms with Crippen molar-refractivity contribution in [2.75, 3.05) is 39.6 Å². The number of carbonyl (C=O) groups excluding carboxylic acids is 4. The van der Waals surface area contributed by atoms with Gasteiger partial charge in [0.2, 0.25) is 0 Å². The van der Waals surface area contributed by atoms with Crippen molar-refractivity contribution in [1.82, 2.24) is 0 Å². The molecule has 0 aromatic heterocycles. The first kappa shape index (κ1) is 100. The molecule has 0 fully saturated rings. The normalized spacial score (nSPS) is 13.9. The third kappa shape index (κ3) is 76.3. The zero-order chi connectivity index (χ0) is 75.1. The van der Waals surface area contributed by atoms with Crippen molar-refractivity contribution in [3.05, 3.63) is 0 Å². The van der Waals surface area contributed by atoms with Crippen LogP contribution in [0.3, 0.4) is 0 Å². The number of carbonyl (C=O) groups is 4. The number of aliphatic hydroxyl groups excluding tert-OH is 1. The van der Waals surface area contributed by atoms with Crippen molar-refractivity contribution in [3.8, 4) is 0 Å². The predicted molar refractivity (Wildman–Crippen MR) is 418 cm³/mol. The summed E-state index contributed by atoms with van der Waals surface area (Å²) in [4.78, 5) is 72.8. The third-order valence-corrected chi connectivity index (χ3v) is 21.3. The van der Waals surface area contributed by atoms with Crippen molar-refractivity contribution < 1.29 is 80.2 Å². The topological polar surface area (TPSA) is 237 Å². The van der Waals surface area contributed by atoms with Crippen molar-refractivity contribution in [3.63, 3.8) is 0 Å². The number of unbranched alkanes of at least 4 members (excludes halogenated alkanes) is 49. The van der Waals surface area contributed by atoms with Crippen LogP contribution in [0, 0.1) is 17.8 Å². The number of aliphatic hydroxyl groups is 1. The SMILES string of the molecule is CCCCCCCC(=O)OC[C@H](COP(=O)(O)OC[C@H](O)COP(=O)(O)OC[C@@H](COC(=O)CCCCCCCCCCCCCCCCCCC(C)C)OC(=O)CCCCCCCCCCCCCCCCCCCCC(C)C)OC(=O)CCCCCCCCCCCCCCCCC(C)C. The molecule has 19 heteroatoms. The van der Waals surface area contributed by atoms with Crippen LogP contribution in [0.15, 0.2) is 0 Å². The molecule has 3 N–H and O–H groups in total. The molecule has 102 heavy (non-hydrogen) atoms. The van der Waals surface area contributed by atoms with Crippen LogP contribution in [0.2, 0.25) is 0 Å². The van der Waals surface area contributed by atoms with Crippen molar-refractivity contribution >= 4 is 39.5 Å². The van der Waals surface area contributed by atoms with Crippen LogP contribution in [0.4, 0.5) is 0 Å². The minimum Gasteiger partial charge on any atom is -0.462 e. The summed E-state index contributed by atoms with van der Waals surface area (Å²) in [6.07, 6.45) is 63.0. The highest BCUT2D eigenvalue weighted by Gasteiger charge is 2.30. The molecule has 0 aromatic rings. The quantitative estimate of drug-likeness (QED) is 0.0222. The Morgan fingerprint density at radius 1 is 0.265 bits per heavy atom. The first-order chi connectivity index (χ1) is 49.2. The van der Waals surface area contributed by atoms with Gasteiger partial charge in [-0.2, -0.15) is 0 Å². The van der Waals surface area contributed by atoms with Gasteiger partial charge in [-0.3, -0.25) is 37.3 Å². The first-order valence-corrected chi connectivity index (χ1v) is 45.8. The van der Waals surface area contributed by atoms with Crippen LogP contribution >= 0.6 is 15.6 Å². The third-order valence-electron chi connectivity index (χ3n) is 19.4. The van der Waals surface area contributed by atoms with Crippen LogP contribution in [0.5, 0.6) is 0 Å². The molecule has 2 unspecified atom stereocenters. The van der Waals surface area contributed by atoms with Gasteiger partial charge >= 0.3 is 39.5 Å². The Labute approximate surface area is 626 Å². The number of phosphoric ester groups is 2. The van der Waals surface area contributed by atoms with E-state index in [-0.39, 0.29) is 25.7 Å². The maximum Gasteiger partial charge on any atom is 0.472 e. The average molecular weight is 1490 g/mol. The van der Waals surface area contributed by atoms with E-state index in [4.69, 9.17) is 37.0 Å². The van der Waals surface area contributed by atoms with Gasteiger partial charge in [0.1, 0.15) is 19.3 Å². The van der Waals surface area contributed by atoms with Gasteiger partial charge in [0, 0.05) is 25.7 Å². The number of hydrogen-bond acceptors (Lipinski definition) is 15. The molecule has 0 saturated carbocycles. The molecule has 0 heterocycles. The van der Waals surface area contributed by atoms with Crippen LogP contribution < -0.4 is 0 Å². The highest BCUT2D eigenvalue weighted by molar-refractivity contribution is 7.47. The van der Waals surface area contributed by atoms with Crippen LogP contribution in [-0.2, 0) is 65.4 Å². The Hall–Kier alpha value is -1.94. The maximum atomic E-state index is 13.1. The molecular weight excluding hydrogens is 1330 g/mol. The van der Waals surface area contributed by atoms with E-state index in [1.54, 1.807) is 0 Å². The average Bonchev–Trinajstić information content (AvgIpc) is 0.917. The standard InChI is InChI=1S/C83H162O17P2/c1-8-9-10-47-57-64-80(85)93-70-78(99-82(87)66-59-53-46-40-34-28-22-21-25-31-37-43-50-56-63-76(6)7)72-97-101(89,90)95-68-77(84)69-96-102(91,92)98-73-79(71-94-81(86)65-58-51-44-38-32-26-19-16-15-18-24-30-36-42-49-55-62-75(4)5)100-83(88)67-60-52-45-39-33-27-20-14-12-11-13-17-23-29-35-41-48-54-61-74(2)3/h74-79,84H,8-73H2,1-7H3,(H,89,90)(H,91,92)/t77-,78+,79+/m0/s1. The monoisotopic (exact) mass is 1490 g/mol. The Morgan fingerprint density at radius 2 is 0.451 bits per heavy atom. The van der Waals surface area contributed by atoms with E-state index in [1.807, 2.05) is 0 Å². The molecule has 0 spiro atoms. The summed E-state index contributed by atoms with van der Waals surface area (Å²) in [5.74, 6) is 0.309. The van der Waals surface area contributed by atoms with E-state index in [9.17, 15) is 43.2 Å². The van der Waals surface area contributed by atoms with Gasteiger partial charge in [-0.1, -0.05) is 382 Å². The molecule has 0 amide bonds. The van der Waals surface area contributed by atoms with Gasteiger partial charge in [-0.15, -0.1) is 0 Å². The molecule has 0 aliphatic heterocycles. The van der Waals surface area contributed by atoms with Crippen LogP contribution in [0.25, 0.3) is 0 Å². The molecule has 0 radical (unpaired) electrons. The van der Waals surface area contributed by atoms with Gasteiger partial charge in [0.25, 0.3) is 0 Å². The summed E-state index contributed by atoms with van der Waals surface area (Å²) in [7, 11) is -9.91. The summed E-state index contributed by atoms with van der Waals surface area (Å²) < 4.78 is 68.5. The molecule has 0 rings (SSSR count). The van der Waals surface area contributed by atoms with Gasteiger partial charge in [0.15, 0.2) is 12.2 Å². The zero-order valence-electron chi connectivity index (χ0n) is 67.1. The lowest BCUT2D eigenvalue weighted by atomic mass is 10.0. The van der Waals surface area contributed by atoms with Gasteiger partial charge < -0.3 is 33.8 Å². The molecule has 17 nitrogen and oxygen atoms in total. The fourth-order valence-electron chi connectivity index (χ4n) is 12.8. The molecule has 0 saturated heterocycles. The van der Waals surface area contributed by atoms with Gasteiger partial charge in [-0.25, -0.2) is 9.13 Å². The molecule has 0 aliphatic carbocycles. The number of hydrogen-bond donors (Lipinski definition) is 3. The highest BCUT2D eigenvalue weighted by Crippen LogP contribution is 2.45. The van der Waals surface area contributed by atoms with E-state index < -0.39 is 97.5 Å². The van der Waals surface area contributed by atoms with E-state index in [0.29, 0.717) is 25.7 Å². The fraction of sp³-hybridized carbons (Fsp3) is 0.952. The Morgan fingerprint density at radius 3 is 0.667 bits per heavy atom. The van der Waals surface area contributed by atoms with E-state index >= 15 is 0 Å². The number of phosphoric acid groups is 2. The summed E-state index contributed by atoms with van der Waals surface area (Å²) >= 11 is 0. The first-order valence-electron chi connectivity index (χ1n) is 42.8. The second kappa shape index (κ2) is 73.2. The minimum absolute atomic E-state index is 0.107. The second-order valence-electron chi connectivity index (χ2n) is 31.3. The molecule has 5 atom stereocenters. The number of rotatable bonds is 81. The smallest absolute Gasteiger partial charge is 0.462 e. The lowest BCUT2D eigenvalue weighted by molar-refractivity contribution is -0.161. The molecule has 0 aromatic carbocycles. The summed E-state index contributed by atoms with van der Waals surface area (Å²) in [6.45, 7) is 12.0. The molecule has 0 bridgehead atoms. The zero-order valence-corrected chi connectivity index (χ0v) is 68.9. The van der Waals surface area contributed by atoms with E-state index in [0.717, 1.165) is 114 Å². The van der Waals surface area contributed by atoms with Crippen LogP contribution in [-0.4, -0.2) is 96.7 Å². The van der Waals surface area contributed by atoms with Crippen molar-refractivity contribution in [2.24, 2.45) is 17.8 Å². The van der Waals surface area contributed by atoms with Crippen LogP contribution in [0.1, 0.15) is 434 Å². The highest BCUT2D eigenvalue weighted by atomic mass is 31.2. The number of ether oxygens (including phenoxy) is 4. The Kier molecular flexibility index (Phi) is 71.8. The van der Waals surface area contributed by atoms with E-state index in [1.165, 1.54) is 238 Å². The number of esters is 4. The largest absolute Gasteiger partial charge is 0.472 e. The fourth-order valence-corrected chi connectivity index (χ4v) is 14.4. The Bertz CT molecular complexity index is 1970. The summed E-state index contributed by atoms with van der Waals surface area (Å²) in [6, 6.07) is 0. The summed E-state index contributed by atoms with van der Waals surface area (Å²) in [5, 5.41) is 10.6. The molecule has 606 valence electrons. The van der Waals surface area contributed by atoms with Gasteiger partial charge in [-0.05, 0) is 43.4 Å². The summed E-state index contributed by atoms with van der Waals surface area (Å²) in [5.41, 5.74) is 0. The lowest BCUT2D eigenvalue weighted by Crippen LogP contribution is -2.30. The maximum absolute atomic E-state index is 13.1. The Balaban J connectivity index is 5.11. The molecular formula is C83H162O17P2. The second-order valence-corrected chi connectivity index (χ2v) is 34.2.